The first-order valence-electron chi connectivity index (χ1n) is 6.91. The number of tetrazole rings is 1. The quantitative estimate of drug-likeness (QED) is 0.783. The van der Waals surface area contributed by atoms with E-state index in [1.807, 2.05) is 37.2 Å². The van der Waals surface area contributed by atoms with Crippen LogP contribution in [0.25, 0.3) is 5.69 Å². The van der Waals surface area contributed by atoms with Crippen LogP contribution in [-0.2, 0) is 0 Å². The number of hydrogen-bond acceptors (Lipinski definition) is 6. The van der Waals surface area contributed by atoms with Gasteiger partial charge in [-0.25, -0.2) is 4.68 Å². The third kappa shape index (κ3) is 3.31. The Balaban J connectivity index is 1.80. The van der Waals surface area contributed by atoms with E-state index >= 15 is 0 Å². The minimum absolute atomic E-state index is 0.275. The number of rotatable bonds is 4. The SMILES string of the molecule is CN(C)c1ccnc(C(=O)Nc2cccc(-n3cnnn3)c2)c1. The van der Waals surface area contributed by atoms with E-state index in [9.17, 15) is 4.79 Å². The third-order valence-corrected chi connectivity index (χ3v) is 3.21. The highest BCUT2D eigenvalue weighted by molar-refractivity contribution is 6.03. The molecule has 0 saturated heterocycles. The summed E-state index contributed by atoms with van der Waals surface area (Å²) in [6, 6.07) is 10.8. The lowest BCUT2D eigenvalue weighted by atomic mass is 10.2. The number of amides is 1. The first kappa shape index (κ1) is 14.6. The maximum atomic E-state index is 12.3. The van der Waals surface area contributed by atoms with Crippen LogP contribution < -0.4 is 10.2 Å². The van der Waals surface area contributed by atoms with Crippen LogP contribution >= 0.6 is 0 Å². The summed E-state index contributed by atoms with van der Waals surface area (Å²) in [6.07, 6.45) is 3.10. The Labute approximate surface area is 132 Å². The number of nitrogens with one attached hydrogen (secondary N) is 1. The molecule has 8 nitrogen and oxygen atoms in total. The Morgan fingerprint density at radius 1 is 1.22 bits per heavy atom. The van der Waals surface area contributed by atoms with Crippen molar-refractivity contribution in [1.29, 1.82) is 0 Å². The Kier molecular flexibility index (Phi) is 3.96. The van der Waals surface area contributed by atoms with Crippen molar-refractivity contribution in [2.45, 2.75) is 0 Å². The Hall–Kier alpha value is -3.29. The van der Waals surface area contributed by atoms with Crippen molar-refractivity contribution in [3.05, 3.63) is 54.6 Å². The van der Waals surface area contributed by atoms with Crippen molar-refractivity contribution < 1.29 is 4.79 Å². The molecule has 2 aromatic heterocycles. The molecule has 116 valence electrons. The molecule has 1 amide bonds. The lowest BCUT2D eigenvalue weighted by molar-refractivity contribution is 0.102. The Morgan fingerprint density at radius 2 is 2.09 bits per heavy atom. The number of benzene rings is 1. The standard InChI is InChI=1S/C15H15N7O/c1-21(2)12-6-7-16-14(9-12)15(23)18-11-4-3-5-13(8-11)22-10-17-19-20-22/h3-10H,1-2H3,(H,18,23). The summed E-state index contributed by atoms with van der Waals surface area (Å²) in [5, 5.41) is 13.8. The molecule has 0 aliphatic heterocycles. The summed E-state index contributed by atoms with van der Waals surface area (Å²) in [5.74, 6) is -0.275. The molecule has 3 rings (SSSR count). The summed E-state index contributed by atoms with van der Waals surface area (Å²) in [4.78, 5) is 18.4. The van der Waals surface area contributed by atoms with Crippen molar-refractivity contribution in [2.75, 3.05) is 24.3 Å². The van der Waals surface area contributed by atoms with Crippen molar-refractivity contribution in [2.24, 2.45) is 0 Å². The van der Waals surface area contributed by atoms with Crippen molar-refractivity contribution in [3.63, 3.8) is 0 Å². The van der Waals surface area contributed by atoms with E-state index < -0.39 is 0 Å². The summed E-state index contributed by atoms with van der Waals surface area (Å²) in [7, 11) is 3.82. The van der Waals surface area contributed by atoms with Crippen LogP contribution in [-0.4, -0.2) is 45.2 Å². The molecule has 0 fully saturated rings. The number of aromatic nitrogens is 5. The Bertz CT molecular complexity index is 814. The average Bonchev–Trinajstić information content (AvgIpc) is 3.10. The van der Waals surface area contributed by atoms with Gasteiger partial charge in [0.05, 0.1) is 5.69 Å². The fraction of sp³-hybridized carbons (Fsp3) is 0.133. The first-order valence-corrected chi connectivity index (χ1v) is 6.91. The zero-order valence-electron chi connectivity index (χ0n) is 12.7. The number of anilines is 2. The second kappa shape index (κ2) is 6.22. The average molecular weight is 309 g/mol. The number of carbonyl (C=O) groups is 1. The van der Waals surface area contributed by atoms with Crippen molar-refractivity contribution in [3.8, 4) is 5.69 Å². The smallest absolute Gasteiger partial charge is 0.274 e. The normalized spacial score (nSPS) is 10.3. The molecule has 0 saturated carbocycles. The number of carbonyl (C=O) groups excluding carboxylic acids is 1. The predicted molar refractivity (Wildman–Crippen MR) is 85.7 cm³/mol. The van der Waals surface area contributed by atoms with Crippen LogP contribution in [0.3, 0.4) is 0 Å². The van der Waals surface area contributed by atoms with Gasteiger partial charge in [0.1, 0.15) is 12.0 Å². The van der Waals surface area contributed by atoms with Gasteiger partial charge in [0.15, 0.2) is 0 Å². The van der Waals surface area contributed by atoms with Gasteiger partial charge in [0.25, 0.3) is 5.91 Å². The van der Waals surface area contributed by atoms with Gasteiger partial charge in [-0.2, -0.15) is 0 Å². The lowest BCUT2D eigenvalue weighted by Crippen LogP contribution is -2.16. The van der Waals surface area contributed by atoms with Crippen LogP contribution in [0, 0.1) is 0 Å². The molecule has 0 radical (unpaired) electrons. The van der Waals surface area contributed by atoms with Gasteiger partial charge in [0.2, 0.25) is 0 Å². The van der Waals surface area contributed by atoms with Crippen LogP contribution in [0.4, 0.5) is 11.4 Å². The van der Waals surface area contributed by atoms with Gasteiger partial charge in [-0.3, -0.25) is 9.78 Å². The summed E-state index contributed by atoms with van der Waals surface area (Å²) in [5.41, 5.74) is 2.65. The fourth-order valence-corrected chi connectivity index (χ4v) is 2.02. The molecule has 23 heavy (non-hydrogen) atoms. The summed E-state index contributed by atoms with van der Waals surface area (Å²) in [6.45, 7) is 0. The van der Waals surface area contributed by atoms with Crippen molar-refractivity contribution in [1.82, 2.24) is 25.2 Å². The van der Waals surface area contributed by atoms with E-state index in [0.29, 0.717) is 11.4 Å². The highest BCUT2D eigenvalue weighted by Gasteiger charge is 2.10. The second-order valence-corrected chi connectivity index (χ2v) is 5.05. The van der Waals surface area contributed by atoms with Gasteiger partial charge in [-0.1, -0.05) is 6.07 Å². The maximum absolute atomic E-state index is 12.3. The van der Waals surface area contributed by atoms with E-state index in [2.05, 4.69) is 25.8 Å². The lowest BCUT2D eigenvalue weighted by Gasteiger charge is -2.13. The molecule has 8 heteroatoms. The minimum Gasteiger partial charge on any atom is -0.378 e. The molecule has 0 unspecified atom stereocenters. The van der Waals surface area contributed by atoms with Crippen molar-refractivity contribution >= 4 is 17.3 Å². The molecule has 1 N–H and O–H groups in total. The van der Waals surface area contributed by atoms with E-state index in [4.69, 9.17) is 0 Å². The molecule has 0 aliphatic carbocycles. The summed E-state index contributed by atoms with van der Waals surface area (Å²) < 4.78 is 1.51. The predicted octanol–water partition coefficient (Wildman–Crippen LogP) is 1.38. The third-order valence-electron chi connectivity index (χ3n) is 3.21. The number of nitrogens with zero attached hydrogens (tertiary/aromatic N) is 6. The molecule has 0 aliphatic rings. The van der Waals surface area contributed by atoms with E-state index in [0.717, 1.165) is 11.4 Å². The second-order valence-electron chi connectivity index (χ2n) is 5.05. The zero-order chi connectivity index (χ0) is 16.2. The monoisotopic (exact) mass is 309 g/mol. The van der Waals surface area contributed by atoms with Crippen LogP contribution in [0.2, 0.25) is 0 Å². The minimum atomic E-state index is -0.275. The highest BCUT2D eigenvalue weighted by atomic mass is 16.1. The largest absolute Gasteiger partial charge is 0.378 e. The summed E-state index contributed by atoms with van der Waals surface area (Å²) >= 11 is 0. The molecular weight excluding hydrogens is 294 g/mol. The van der Waals surface area contributed by atoms with Crippen LogP contribution in [0.1, 0.15) is 10.5 Å². The topological polar surface area (TPSA) is 88.8 Å². The molecule has 3 aromatic rings. The maximum Gasteiger partial charge on any atom is 0.274 e. The molecule has 0 atom stereocenters. The zero-order valence-corrected chi connectivity index (χ0v) is 12.7. The molecule has 1 aromatic carbocycles. The molecule has 0 bridgehead atoms. The van der Waals surface area contributed by atoms with E-state index in [1.54, 1.807) is 24.4 Å². The van der Waals surface area contributed by atoms with Gasteiger partial charge in [-0.15, -0.1) is 5.10 Å². The van der Waals surface area contributed by atoms with Crippen LogP contribution in [0.5, 0.6) is 0 Å². The Morgan fingerprint density at radius 3 is 2.83 bits per heavy atom. The van der Waals surface area contributed by atoms with E-state index in [-0.39, 0.29) is 5.91 Å². The van der Waals surface area contributed by atoms with Crippen LogP contribution in [0.15, 0.2) is 48.9 Å². The fourth-order valence-electron chi connectivity index (χ4n) is 2.02. The number of hydrogen-bond donors (Lipinski definition) is 1. The first-order chi connectivity index (χ1) is 11.1. The molecule has 2 heterocycles. The van der Waals surface area contributed by atoms with Gasteiger partial charge >= 0.3 is 0 Å². The van der Waals surface area contributed by atoms with E-state index in [1.165, 1.54) is 11.0 Å². The highest BCUT2D eigenvalue weighted by Crippen LogP contribution is 2.16. The van der Waals surface area contributed by atoms with Gasteiger partial charge in [0, 0.05) is 31.7 Å². The molecule has 0 spiro atoms. The number of pyridine rings is 1. The van der Waals surface area contributed by atoms with Gasteiger partial charge in [-0.05, 0) is 40.8 Å². The van der Waals surface area contributed by atoms with Gasteiger partial charge < -0.3 is 10.2 Å². The molecular formula is C15H15N7O.